The summed E-state index contributed by atoms with van der Waals surface area (Å²) in [6.45, 7) is 7.77. The third-order valence-electron chi connectivity index (χ3n) is 7.89. The second-order valence-electron chi connectivity index (χ2n) is 11.3. The van der Waals surface area contributed by atoms with Gasteiger partial charge in [0.1, 0.15) is 12.9 Å². The molecule has 0 bridgehead atoms. The average molecular weight is 581 g/mol. The summed E-state index contributed by atoms with van der Waals surface area (Å²) in [5.74, 6) is -3.61. The number of nitrogens with one attached hydrogen (secondary N) is 2. The van der Waals surface area contributed by atoms with Gasteiger partial charge in [0.15, 0.2) is 5.76 Å². The van der Waals surface area contributed by atoms with E-state index in [9.17, 15) is 19.5 Å². The zero-order valence-electron chi connectivity index (χ0n) is 24.6. The number of ether oxygens (including phenoxy) is 4. The van der Waals surface area contributed by atoms with Gasteiger partial charge in [-0.2, -0.15) is 0 Å². The fourth-order valence-corrected chi connectivity index (χ4v) is 5.34. The van der Waals surface area contributed by atoms with Crippen LogP contribution in [0, 0.1) is 17.8 Å². The first-order chi connectivity index (χ1) is 20.1. The molecule has 4 atom stereocenters. The van der Waals surface area contributed by atoms with Gasteiger partial charge in [-0.15, -0.1) is 0 Å². The molecule has 10 heteroatoms. The van der Waals surface area contributed by atoms with Crippen molar-refractivity contribution in [1.82, 2.24) is 5.32 Å². The molecule has 4 rings (SSSR count). The van der Waals surface area contributed by atoms with Gasteiger partial charge in [-0.25, -0.2) is 9.59 Å². The number of carboxylic acids is 1. The lowest BCUT2D eigenvalue weighted by molar-refractivity contribution is -0.209. The van der Waals surface area contributed by atoms with Crippen molar-refractivity contribution in [2.75, 3.05) is 19.0 Å². The van der Waals surface area contributed by atoms with Crippen LogP contribution in [0.25, 0.3) is 5.76 Å². The zero-order chi connectivity index (χ0) is 30.3. The number of benzene rings is 2. The van der Waals surface area contributed by atoms with E-state index in [0.29, 0.717) is 36.4 Å². The van der Waals surface area contributed by atoms with Crippen LogP contribution in [-0.4, -0.2) is 48.6 Å². The lowest BCUT2D eigenvalue weighted by Gasteiger charge is -2.37. The van der Waals surface area contributed by atoms with Gasteiger partial charge in [0.25, 0.3) is 0 Å². The third kappa shape index (κ3) is 7.42. The Morgan fingerprint density at radius 1 is 1.02 bits per heavy atom. The van der Waals surface area contributed by atoms with E-state index in [1.165, 1.54) is 6.42 Å². The van der Waals surface area contributed by atoms with E-state index in [1.54, 1.807) is 12.1 Å². The van der Waals surface area contributed by atoms with Gasteiger partial charge < -0.3 is 34.7 Å². The van der Waals surface area contributed by atoms with Crippen LogP contribution in [0.3, 0.4) is 0 Å². The van der Waals surface area contributed by atoms with Crippen LogP contribution >= 0.6 is 0 Å². The number of hydrogen-bond acceptors (Lipinski definition) is 8. The van der Waals surface area contributed by atoms with Gasteiger partial charge in [-0.3, -0.25) is 4.79 Å². The Hall–Kier alpha value is -4.05. The number of carbonyl (C=O) groups is 3. The van der Waals surface area contributed by atoms with Gasteiger partial charge in [-0.1, -0.05) is 63.6 Å². The minimum absolute atomic E-state index is 0.0845. The second kappa shape index (κ2) is 13.7. The van der Waals surface area contributed by atoms with Gasteiger partial charge in [0, 0.05) is 24.3 Å². The fraction of sp³-hybridized carbons (Fsp3) is 0.469. The maximum absolute atomic E-state index is 12.4. The highest BCUT2D eigenvalue weighted by Crippen LogP contribution is 2.35. The Morgan fingerprint density at radius 3 is 2.33 bits per heavy atom. The summed E-state index contributed by atoms with van der Waals surface area (Å²) in [7, 11) is 1.06. The van der Waals surface area contributed by atoms with Crippen LogP contribution in [0.15, 0.2) is 54.8 Å². The Morgan fingerprint density at radius 2 is 1.69 bits per heavy atom. The molecule has 2 aliphatic rings. The number of methoxy groups -OCH3 is 1. The first-order valence-corrected chi connectivity index (χ1v) is 14.3. The molecule has 0 spiro atoms. The van der Waals surface area contributed by atoms with Crippen molar-refractivity contribution in [3.05, 3.63) is 71.5 Å². The maximum atomic E-state index is 12.4. The maximum Gasteiger partial charge on any atom is 0.452 e. The summed E-state index contributed by atoms with van der Waals surface area (Å²) in [6, 6.07) is 15.0. The van der Waals surface area contributed by atoms with Crippen LogP contribution in [0.5, 0.6) is 0 Å². The molecule has 42 heavy (non-hydrogen) atoms. The van der Waals surface area contributed by atoms with E-state index in [1.807, 2.05) is 36.4 Å². The smallest absolute Gasteiger partial charge is 0.452 e. The van der Waals surface area contributed by atoms with E-state index < -0.39 is 17.7 Å². The molecule has 3 N–H and O–H groups in total. The Balaban J connectivity index is 1.21. The molecule has 1 fully saturated rings. The second-order valence-corrected chi connectivity index (χ2v) is 11.3. The Kier molecular flexibility index (Phi) is 10.1. The zero-order valence-corrected chi connectivity index (χ0v) is 24.6. The van der Waals surface area contributed by atoms with E-state index >= 15 is 0 Å². The number of carboxylic acid groups (broad SMARTS) is 1. The van der Waals surface area contributed by atoms with Crippen molar-refractivity contribution in [1.29, 1.82) is 0 Å². The van der Waals surface area contributed by atoms with Crippen molar-refractivity contribution >= 4 is 29.3 Å². The standard InChI is InChI=1S/C32H40N2O8/c1-20(2)26-14-5-21(3)15-27(26)40-19-29(35)34-17-23-8-12-25(13-9-23)33-16-22-6-10-24(11-7-22)28-18-41-32(42-28,30(36)37)31(38)39-4/h6-13,18,20-21,26-27,33H,5,14-17,19H2,1-4H3,(H,34,35)(H,36,37). The number of aliphatic carboxylic acids is 1. The molecule has 226 valence electrons. The predicted molar refractivity (Wildman–Crippen MR) is 156 cm³/mol. The average Bonchev–Trinajstić information content (AvgIpc) is 3.45. The number of amides is 1. The Labute approximate surface area is 246 Å². The van der Waals surface area contributed by atoms with Crippen LogP contribution in [0.4, 0.5) is 5.69 Å². The molecular weight excluding hydrogens is 540 g/mol. The number of rotatable bonds is 12. The summed E-state index contributed by atoms with van der Waals surface area (Å²) in [4.78, 5) is 35.9. The molecule has 0 radical (unpaired) electrons. The van der Waals surface area contributed by atoms with Crippen molar-refractivity contribution in [2.24, 2.45) is 17.8 Å². The first-order valence-electron chi connectivity index (χ1n) is 14.3. The van der Waals surface area contributed by atoms with Gasteiger partial charge in [-0.05, 0) is 53.9 Å². The summed E-state index contributed by atoms with van der Waals surface area (Å²) in [6.07, 6.45) is 4.64. The molecule has 2 aromatic carbocycles. The minimum atomic E-state index is -2.54. The molecule has 1 aliphatic carbocycles. The number of hydrogen-bond donors (Lipinski definition) is 3. The molecule has 1 saturated carbocycles. The van der Waals surface area contributed by atoms with Crippen molar-refractivity contribution in [3.63, 3.8) is 0 Å². The van der Waals surface area contributed by atoms with Crippen molar-refractivity contribution < 1.29 is 38.4 Å². The topological polar surface area (TPSA) is 132 Å². The molecule has 0 aromatic heterocycles. The molecular formula is C32H40N2O8. The van der Waals surface area contributed by atoms with E-state index in [-0.39, 0.29) is 24.4 Å². The number of esters is 1. The summed E-state index contributed by atoms with van der Waals surface area (Å²) in [5.41, 5.74) is 3.43. The molecule has 1 heterocycles. The summed E-state index contributed by atoms with van der Waals surface area (Å²) >= 11 is 0. The van der Waals surface area contributed by atoms with Crippen molar-refractivity contribution in [3.8, 4) is 0 Å². The van der Waals surface area contributed by atoms with Gasteiger partial charge >= 0.3 is 17.7 Å². The van der Waals surface area contributed by atoms with E-state index in [0.717, 1.165) is 43.0 Å². The minimum Gasteiger partial charge on any atom is -0.475 e. The SMILES string of the molecule is COC(=O)C1(C(=O)O)OC=C(c2ccc(CNc3ccc(CNC(=O)COC4CC(C)CCC4C(C)C)cc3)cc2)O1. The molecule has 1 amide bonds. The van der Waals surface area contributed by atoms with Crippen LogP contribution in [0.1, 0.15) is 56.7 Å². The molecule has 4 unspecified atom stereocenters. The monoisotopic (exact) mass is 580 g/mol. The van der Waals surface area contributed by atoms with Gasteiger partial charge in [0.2, 0.25) is 5.91 Å². The first kappa shape index (κ1) is 30.9. The van der Waals surface area contributed by atoms with Crippen LogP contribution < -0.4 is 10.6 Å². The third-order valence-corrected chi connectivity index (χ3v) is 7.89. The molecule has 2 aromatic rings. The lowest BCUT2D eigenvalue weighted by Crippen LogP contribution is -2.48. The predicted octanol–water partition coefficient (Wildman–Crippen LogP) is 4.69. The highest BCUT2D eigenvalue weighted by atomic mass is 16.8. The summed E-state index contributed by atoms with van der Waals surface area (Å²) in [5, 5.41) is 15.7. The van der Waals surface area contributed by atoms with E-state index in [4.69, 9.17) is 14.2 Å². The highest BCUT2D eigenvalue weighted by molar-refractivity contribution is 6.02. The molecule has 1 aliphatic heterocycles. The normalized spacial score (nSPS) is 23.4. The van der Waals surface area contributed by atoms with Gasteiger partial charge in [0.05, 0.1) is 13.2 Å². The molecule has 10 nitrogen and oxygen atoms in total. The van der Waals surface area contributed by atoms with E-state index in [2.05, 4.69) is 36.1 Å². The Bertz CT molecular complexity index is 1270. The lowest BCUT2D eigenvalue weighted by atomic mass is 9.75. The largest absolute Gasteiger partial charge is 0.475 e. The highest BCUT2D eigenvalue weighted by Gasteiger charge is 2.57. The van der Waals surface area contributed by atoms with Crippen LogP contribution in [0.2, 0.25) is 0 Å². The quantitative estimate of drug-likeness (QED) is 0.242. The summed E-state index contributed by atoms with van der Waals surface area (Å²) < 4.78 is 21.0. The van der Waals surface area contributed by atoms with Crippen molar-refractivity contribution in [2.45, 2.75) is 65.0 Å². The molecule has 0 saturated heterocycles. The number of carbonyl (C=O) groups excluding carboxylic acids is 2. The number of anilines is 1. The fourth-order valence-electron chi connectivity index (χ4n) is 5.34. The van der Waals surface area contributed by atoms with Crippen LogP contribution in [-0.2, 0) is 46.4 Å².